The second-order valence-corrected chi connectivity index (χ2v) is 14.0. The molecule has 0 aromatic heterocycles. The number of carbonyl (C=O) groups excluding carboxylic acids is 2. The van der Waals surface area contributed by atoms with Crippen molar-refractivity contribution in [3.05, 3.63) is 130 Å². The molecule has 9 heteroatoms. The van der Waals surface area contributed by atoms with E-state index in [0.717, 1.165) is 33.0 Å². The van der Waals surface area contributed by atoms with E-state index in [1.165, 1.54) is 4.90 Å². The van der Waals surface area contributed by atoms with Crippen molar-refractivity contribution in [2.45, 2.75) is 63.9 Å². The molecule has 0 fully saturated rings. The Bertz CT molecular complexity index is 1710. The lowest BCUT2D eigenvalue weighted by atomic mass is 10.0. The van der Waals surface area contributed by atoms with Gasteiger partial charge in [-0.25, -0.2) is 8.42 Å². The summed E-state index contributed by atoms with van der Waals surface area (Å²) < 4.78 is 29.6. The van der Waals surface area contributed by atoms with Crippen LogP contribution in [0.5, 0.6) is 0 Å². The number of benzene rings is 4. The Morgan fingerprint density at radius 3 is 2.11 bits per heavy atom. The zero-order valence-electron chi connectivity index (χ0n) is 26.8. The highest BCUT2D eigenvalue weighted by Crippen LogP contribution is 2.27. The molecule has 0 aliphatic heterocycles. The van der Waals surface area contributed by atoms with Crippen LogP contribution in [-0.4, -0.2) is 44.3 Å². The lowest BCUT2D eigenvalue weighted by Crippen LogP contribution is -2.53. The summed E-state index contributed by atoms with van der Waals surface area (Å²) in [6, 6.07) is 29.4. The minimum Gasteiger partial charge on any atom is -0.354 e. The van der Waals surface area contributed by atoms with Crippen LogP contribution in [0.25, 0.3) is 0 Å². The molecule has 4 aromatic rings. The maximum absolute atomic E-state index is 14.5. The van der Waals surface area contributed by atoms with Crippen LogP contribution in [0, 0.1) is 6.92 Å². The predicted octanol–water partition coefficient (Wildman–Crippen LogP) is 7.13. The summed E-state index contributed by atoms with van der Waals surface area (Å²) in [5.74, 6) is -0.585. The number of anilines is 1. The van der Waals surface area contributed by atoms with Crippen molar-refractivity contribution in [2.75, 3.05) is 17.4 Å². The van der Waals surface area contributed by atoms with Crippen molar-refractivity contribution < 1.29 is 18.0 Å². The van der Waals surface area contributed by atoms with Gasteiger partial charge in [0.25, 0.3) is 10.0 Å². The number of rotatable bonds is 14. The van der Waals surface area contributed by atoms with E-state index < -0.39 is 28.5 Å². The van der Waals surface area contributed by atoms with E-state index in [0.29, 0.717) is 17.3 Å². The Morgan fingerprint density at radius 2 is 1.50 bits per heavy atom. The fraction of sp³-hybridized carbons (Fsp3) is 0.297. The van der Waals surface area contributed by atoms with E-state index in [2.05, 4.69) is 19.2 Å². The third kappa shape index (κ3) is 8.98. The van der Waals surface area contributed by atoms with E-state index in [-0.39, 0.29) is 29.7 Å². The zero-order valence-corrected chi connectivity index (χ0v) is 28.4. The molecule has 7 nitrogen and oxygen atoms in total. The van der Waals surface area contributed by atoms with Crippen LogP contribution in [0.2, 0.25) is 5.02 Å². The molecule has 0 unspecified atom stereocenters. The Hall–Kier alpha value is -4.14. The lowest BCUT2D eigenvalue weighted by molar-refractivity contribution is -0.140. The maximum atomic E-state index is 14.5. The van der Waals surface area contributed by atoms with Gasteiger partial charge in [0, 0.05) is 24.5 Å². The minimum atomic E-state index is -4.17. The van der Waals surface area contributed by atoms with E-state index in [9.17, 15) is 18.0 Å². The van der Waals surface area contributed by atoms with Crippen LogP contribution in [0.1, 0.15) is 55.4 Å². The molecular weight excluding hydrogens is 618 g/mol. The molecule has 46 heavy (non-hydrogen) atoms. The zero-order chi connectivity index (χ0) is 33.3. The van der Waals surface area contributed by atoms with Crippen LogP contribution >= 0.6 is 11.6 Å². The Labute approximate surface area is 278 Å². The highest BCUT2D eigenvalue weighted by molar-refractivity contribution is 7.92. The molecule has 1 N–H and O–H groups in total. The summed E-state index contributed by atoms with van der Waals surface area (Å²) >= 11 is 6.32. The monoisotopic (exact) mass is 659 g/mol. The number of aryl methyl sites for hydroxylation is 1. The summed E-state index contributed by atoms with van der Waals surface area (Å²) in [6.45, 7) is 7.95. The Morgan fingerprint density at radius 1 is 0.848 bits per heavy atom. The number of carbonyl (C=O) groups is 2. The fourth-order valence-corrected chi connectivity index (χ4v) is 6.77. The van der Waals surface area contributed by atoms with Crippen LogP contribution in [0.3, 0.4) is 0 Å². The molecule has 0 saturated carbocycles. The maximum Gasteiger partial charge on any atom is 0.264 e. The number of amides is 2. The first kappa shape index (κ1) is 34.7. The van der Waals surface area contributed by atoms with Crippen molar-refractivity contribution in [2.24, 2.45) is 0 Å². The summed E-state index contributed by atoms with van der Waals surface area (Å²) in [6.07, 6.45) is 0.970. The molecule has 0 aliphatic rings. The number of hydrogen-bond donors (Lipinski definition) is 1. The molecular formula is C37H42ClN3O4S. The van der Waals surface area contributed by atoms with E-state index in [4.69, 9.17) is 11.6 Å². The molecule has 0 spiro atoms. The highest BCUT2D eigenvalue weighted by atomic mass is 35.5. The first-order valence-corrected chi connectivity index (χ1v) is 17.4. The first-order valence-electron chi connectivity index (χ1n) is 15.5. The van der Waals surface area contributed by atoms with Gasteiger partial charge in [0.15, 0.2) is 0 Å². The summed E-state index contributed by atoms with van der Waals surface area (Å²) in [4.78, 5) is 29.8. The molecule has 0 bridgehead atoms. The van der Waals surface area contributed by atoms with Crippen molar-refractivity contribution >= 4 is 39.1 Å². The number of nitrogens with zero attached hydrogens (tertiary/aromatic N) is 2. The quantitative estimate of drug-likeness (QED) is 0.156. The van der Waals surface area contributed by atoms with Gasteiger partial charge in [-0.1, -0.05) is 105 Å². The molecule has 1 atom stereocenters. The molecule has 2 amide bonds. The smallest absolute Gasteiger partial charge is 0.264 e. The van der Waals surface area contributed by atoms with E-state index >= 15 is 0 Å². The molecule has 242 valence electrons. The van der Waals surface area contributed by atoms with Gasteiger partial charge in [0.05, 0.1) is 10.6 Å². The number of sulfonamides is 1. The molecule has 4 aromatic carbocycles. The van der Waals surface area contributed by atoms with Gasteiger partial charge in [-0.3, -0.25) is 13.9 Å². The SMILES string of the molecule is CCCNC(=O)[C@H](Cc1ccccc1)N(Cc1cccc(Cl)c1)C(=O)CN(c1ccc(C(C)C)cc1)S(=O)(=O)c1ccc(C)cc1. The Balaban J connectivity index is 1.80. The molecule has 0 aliphatic carbocycles. The average molecular weight is 660 g/mol. The summed E-state index contributed by atoms with van der Waals surface area (Å²) in [5, 5.41) is 3.45. The lowest BCUT2D eigenvalue weighted by Gasteiger charge is -2.34. The van der Waals surface area contributed by atoms with Gasteiger partial charge in [0.1, 0.15) is 12.6 Å². The van der Waals surface area contributed by atoms with Gasteiger partial charge >= 0.3 is 0 Å². The second-order valence-electron chi connectivity index (χ2n) is 11.7. The summed E-state index contributed by atoms with van der Waals surface area (Å²) in [5.41, 5.74) is 3.90. The first-order chi connectivity index (χ1) is 22.0. The minimum absolute atomic E-state index is 0.0567. The molecule has 0 saturated heterocycles. The molecule has 0 radical (unpaired) electrons. The van der Waals surface area contributed by atoms with Gasteiger partial charge in [-0.05, 0) is 72.4 Å². The number of nitrogens with one attached hydrogen (secondary N) is 1. The van der Waals surface area contributed by atoms with Crippen LogP contribution in [-0.2, 0) is 32.6 Å². The number of hydrogen-bond acceptors (Lipinski definition) is 4. The highest BCUT2D eigenvalue weighted by Gasteiger charge is 2.34. The second kappa shape index (κ2) is 15.9. The van der Waals surface area contributed by atoms with Crippen molar-refractivity contribution in [3.63, 3.8) is 0 Å². The molecule has 0 heterocycles. The van der Waals surface area contributed by atoms with Crippen LogP contribution in [0.15, 0.2) is 108 Å². The third-order valence-corrected chi connectivity index (χ3v) is 9.82. The normalized spacial score (nSPS) is 12.0. The van der Waals surface area contributed by atoms with Crippen molar-refractivity contribution in [1.82, 2.24) is 10.2 Å². The predicted molar refractivity (Wildman–Crippen MR) is 185 cm³/mol. The average Bonchev–Trinajstić information content (AvgIpc) is 3.04. The topological polar surface area (TPSA) is 86.8 Å². The van der Waals surface area contributed by atoms with Crippen molar-refractivity contribution in [1.29, 1.82) is 0 Å². The van der Waals surface area contributed by atoms with Crippen molar-refractivity contribution in [3.8, 4) is 0 Å². The largest absolute Gasteiger partial charge is 0.354 e. The fourth-order valence-electron chi connectivity index (χ4n) is 5.14. The van der Waals surface area contributed by atoms with E-state index in [1.807, 2.05) is 62.4 Å². The van der Waals surface area contributed by atoms with Crippen LogP contribution < -0.4 is 9.62 Å². The third-order valence-electron chi connectivity index (χ3n) is 7.80. The standard InChI is InChI=1S/C37H42ClN3O4S/c1-5-22-39-37(43)35(24-29-10-7-6-8-11-29)40(25-30-12-9-13-32(38)23-30)36(42)26-41(33-18-16-31(17-19-33)27(2)3)46(44,45)34-20-14-28(4)15-21-34/h6-21,23,27,35H,5,22,24-26H2,1-4H3,(H,39,43)/t35-/m0/s1. The van der Waals surface area contributed by atoms with Gasteiger partial charge in [-0.15, -0.1) is 0 Å². The Kier molecular flexibility index (Phi) is 12.0. The van der Waals surface area contributed by atoms with E-state index in [1.54, 1.807) is 54.6 Å². The van der Waals surface area contributed by atoms with Gasteiger partial charge in [-0.2, -0.15) is 0 Å². The number of halogens is 1. The van der Waals surface area contributed by atoms with Crippen LogP contribution in [0.4, 0.5) is 5.69 Å². The van der Waals surface area contributed by atoms with Gasteiger partial charge in [0.2, 0.25) is 11.8 Å². The molecule has 4 rings (SSSR count). The summed E-state index contributed by atoms with van der Waals surface area (Å²) in [7, 11) is -4.17. The van der Waals surface area contributed by atoms with Gasteiger partial charge < -0.3 is 10.2 Å².